The molecule has 0 fully saturated rings. The van der Waals surface area contributed by atoms with Gasteiger partial charge in [-0.15, -0.1) is 0 Å². The molecule has 0 unspecified atom stereocenters. The number of urea groups is 1. The van der Waals surface area contributed by atoms with Crippen LogP contribution in [0.3, 0.4) is 0 Å². The van der Waals surface area contributed by atoms with Gasteiger partial charge in [-0.05, 0) is 17.7 Å². The lowest BCUT2D eigenvalue weighted by Gasteiger charge is -2.17. The fourth-order valence-corrected chi connectivity index (χ4v) is 1.57. The molecule has 18 heavy (non-hydrogen) atoms. The van der Waals surface area contributed by atoms with E-state index in [2.05, 4.69) is 5.32 Å². The molecule has 0 bridgehead atoms. The van der Waals surface area contributed by atoms with Crippen LogP contribution in [0.5, 0.6) is 0 Å². The lowest BCUT2D eigenvalue weighted by molar-refractivity contribution is 0.210. The van der Waals surface area contributed by atoms with Crippen molar-refractivity contribution in [3.05, 3.63) is 66.2 Å². The molecule has 0 aliphatic heterocycles. The highest BCUT2D eigenvalue weighted by atomic mass is 16.2. The van der Waals surface area contributed by atoms with Gasteiger partial charge in [0, 0.05) is 5.69 Å². The summed E-state index contributed by atoms with van der Waals surface area (Å²) in [7, 11) is 0. The highest BCUT2D eigenvalue weighted by Gasteiger charge is 2.09. The van der Waals surface area contributed by atoms with Crippen molar-refractivity contribution in [2.24, 2.45) is 5.84 Å². The Hall–Kier alpha value is -2.33. The number of hydrogen-bond acceptors (Lipinski definition) is 2. The third-order valence-electron chi connectivity index (χ3n) is 2.48. The fourth-order valence-electron chi connectivity index (χ4n) is 1.57. The zero-order valence-corrected chi connectivity index (χ0v) is 9.91. The van der Waals surface area contributed by atoms with Crippen LogP contribution in [-0.2, 0) is 6.54 Å². The first-order valence-corrected chi connectivity index (χ1v) is 5.68. The predicted molar refractivity (Wildman–Crippen MR) is 71.6 cm³/mol. The average molecular weight is 241 g/mol. The Morgan fingerprint density at radius 2 is 1.56 bits per heavy atom. The van der Waals surface area contributed by atoms with Gasteiger partial charge < -0.3 is 5.32 Å². The maximum Gasteiger partial charge on any atom is 0.336 e. The summed E-state index contributed by atoms with van der Waals surface area (Å²) in [5.41, 5.74) is 1.72. The molecular formula is C14H15N3O. The Morgan fingerprint density at radius 3 is 2.17 bits per heavy atom. The molecule has 0 aliphatic rings. The van der Waals surface area contributed by atoms with Gasteiger partial charge in [0.15, 0.2) is 0 Å². The maximum absolute atomic E-state index is 11.8. The predicted octanol–water partition coefficient (Wildman–Crippen LogP) is 2.59. The summed E-state index contributed by atoms with van der Waals surface area (Å²) >= 11 is 0. The molecule has 4 heteroatoms. The van der Waals surface area contributed by atoms with Crippen LogP contribution < -0.4 is 11.2 Å². The van der Waals surface area contributed by atoms with Crippen molar-refractivity contribution in [1.82, 2.24) is 5.01 Å². The number of carbonyl (C=O) groups is 1. The molecule has 2 aromatic carbocycles. The molecule has 0 spiro atoms. The Morgan fingerprint density at radius 1 is 1.00 bits per heavy atom. The molecule has 0 saturated heterocycles. The number of anilines is 1. The van der Waals surface area contributed by atoms with Crippen LogP contribution in [0.4, 0.5) is 10.5 Å². The first-order chi connectivity index (χ1) is 8.75. The van der Waals surface area contributed by atoms with Gasteiger partial charge >= 0.3 is 6.03 Å². The summed E-state index contributed by atoms with van der Waals surface area (Å²) in [6.07, 6.45) is 0. The van der Waals surface area contributed by atoms with Crippen LogP contribution in [-0.4, -0.2) is 11.0 Å². The molecule has 2 rings (SSSR count). The Kier molecular flexibility index (Phi) is 3.94. The summed E-state index contributed by atoms with van der Waals surface area (Å²) < 4.78 is 0. The molecule has 2 aromatic rings. The molecule has 0 heterocycles. The third-order valence-corrected chi connectivity index (χ3v) is 2.48. The first-order valence-electron chi connectivity index (χ1n) is 5.68. The van der Waals surface area contributed by atoms with Crippen LogP contribution in [0.1, 0.15) is 5.56 Å². The van der Waals surface area contributed by atoms with E-state index >= 15 is 0 Å². The van der Waals surface area contributed by atoms with E-state index in [4.69, 9.17) is 5.84 Å². The second-order valence-corrected chi connectivity index (χ2v) is 3.91. The van der Waals surface area contributed by atoms with E-state index in [0.717, 1.165) is 16.3 Å². The molecule has 2 amide bonds. The zero-order valence-electron chi connectivity index (χ0n) is 9.91. The number of nitrogens with two attached hydrogens (primary N) is 1. The van der Waals surface area contributed by atoms with Gasteiger partial charge in [0.25, 0.3) is 0 Å². The van der Waals surface area contributed by atoms with E-state index < -0.39 is 0 Å². The summed E-state index contributed by atoms with van der Waals surface area (Å²) in [4.78, 5) is 11.8. The fraction of sp³-hybridized carbons (Fsp3) is 0.0714. The van der Waals surface area contributed by atoms with Crippen molar-refractivity contribution in [3.63, 3.8) is 0 Å². The number of nitrogens with zero attached hydrogens (tertiary/aromatic N) is 1. The summed E-state index contributed by atoms with van der Waals surface area (Å²) in [5, 5.41) is 3.88. The van der Waals surface area contributed by atoms with Crippen molar-refractivity contribution in [2.45, 2.75) is 6.54 Å². The van der Waals surface area contributed by atoms with E-state index in [1.165, 1.54) is 0 Å². The van der Waals surface area contributed by atoms with Crippen LogP contribution in [0.2, 0.25) is 0 Å². The number of para-hydroxylation sites is 1. The quantitative estimate of drug-likeness (QED) is 0.493. The highest BCUT2D eigenvalue weighted by Crippen LogP contribution is 2.07. The lowest BCUT2D eigenvalue weighted by Crippen LogP contribution is -2.39. The third kappa shape index (κ3) is 3.33. The van der Waals surface area contributed by atoms with Gasteiger partial charge in [-0.25, -0.2) is 10.6 Å². The Bertz CT molecular complexity index is 499. The number of hydrogen-bond donors (Lipinski definition) is 2. The number of carbonyl (C=O) groups excluding carboxylic acids is 1. The minimum Gasteiger partial charge on any atom is -0.307 e. The highest BCUT2D eigenvalue weighted by molar-refractivity contribution is 5.88. The number of hydrazine groups is 1. The van der Waals surface area contributed by atoms with E-state index in [-0.39, 0.29) is 6.03 Å². The molecule has 0 aromatic heterocycles. The summed E-state index contributed by atoms with van der Waals surface area (Å²) in [5.74, 6) is 5.72. The molecule has 0 radical (unpaired) electrons. The molecule has 0 aliphatic carbocycles. The molecule has 0 atom stereocenters. The summed E-state index contributed by atoms with van der Waals surface area (Å²) in [6, 6.07) is 18.5. The second-order valence-electron chi connectivity index (χ2n) is 3.91. The van der Waals surface area contributed by atoms with Crippen molar-refractivity contribution < 1.29 is 4.79 Å². The number of rotatable bonds is 3. The van der Waals surface area contributed by atoms with Gasteiger partial charge in [0.2, 0.25) is 0 Å². The zero-order chi connectivity index (χ0) is 12.8. The van der Waals surface area contributed by atoms with Crippen LogP contribution in [0.15, 0.2) is 60.7 Å². The van der Waals surface area contributed by atoms with Crippen LogP contribution >= 0.6 is 0 Å². The van der Waals surface area contributed by atoms with E-state index in [9.17, 15) is 4.79 Å². The SMILES string of the molecule is NN(Cc1ccccc1)C(=O)Nc1ccccc1. The van der Waals surface area contributed by atoms with E-state index in [1.54, 1.807) is 0 Å². The molecule has 92 valence electrons. The monoisotopic (exact) mass is 241 g/mol. The average Bonchev–Trinajstić information content (AvgIpc) is 2.41. The number of benzene rings is 2. The van der Waals surface area contributed by atoms with Gasteiger partial charge in [-0.1, -0.05) is 48.5 Å². The minimum absolute atomic E-state index is 0.329. The summed E-state index contributed by atoms with van der Waals surface area (Å²) in [6.45, 7) is 0.375. The van der Waals surface area contributed by atoms with E-state index in [1.807, 2.05) is 60.7 Å². The molecule has 3 N–H and O–H groups in total. The Labute approximate surface area is 106 Å². The van der Waals surface area contributed by atoms with Gasteiger partial charge in [0.1, 0.15) is 0 Å². The topological polar surface area (TPSA) is 58.4 Å². The maximum atomic E-state index is 11.8. The molecular weight excluding hydrogens is 226 g/mol. The van der Waals surface area contributed by atoms with Crippen molar-refractivity contribution in [2.75, 3.05) is 5.32 Å². The van der Waals surface area contributed by atoms with Crippen molar-refractivity contribution >= 4 is 11.7 Å². The molecule has 0 saturated carbocycles. The van der Waals surface area contributed by atoms with Gasteiger partial charge in [-0.2, -0.15) is 0 Å². The second kappa shape index (κ2) is 5.84. The first kappa shape index (κ1) is 12.1. The lowest BCUT2D eigenvalue weighted by atomic mass is 10.2. The van der Waals surface area contributed by atoms with Gasteiger partial charge in [-0.3, -0.25) is 5.01 Å². The molecule has 4 nitrogen and oxygen atoms in total. The van der Waals surface area contributed by atoms with Crippen molar-refractivity contribution in [3.8, 4) is 0 Å². The Balaban J connectivity index is 1.93. The minimum atomic E-state index is -0.329. The van der Waals surface area contributed by atoms with Crippen LogP contribution in [0, 0.1) is 0 Å². The standard InChI is InChI=1S/C14H15N3O/c15-17(11-12-7-3-1-4-8-12)14(18)16-13-9-5-2-6-10-13/h1-10H,11,15H2,(H,16,18). The smallest absolute Gasteiger partial charge is 0.307 e. The van der Waals surface area contributed by atoms with Crippen molar-refractivity contribution in [1.29, 1.82) is 0 Å². The largest absolute Gasteiger partial charge is 0.336 e. The number of nitrogens with one attached hydrogen (secondary N) is 1. The number of amides is 2. The van der Waals surface area contributed by atoms with E-state index in [0.29, 0.717) is 6.54 Å². The van der Waals surface area contributed by atoms with Crippen LogP contribution in [0.25, 0.3) is 0 Å². The van der Waals surface area contributed by atoms with Gasteiger partial charge in [0.05, 0.1) is 6.54 Å². The normalized spacial score (nSPS) is 9.83.